The van der Waals surface area contributed by atoms with Gasteiger partial charge < -0.3 is 4.74 Å². The van der Waals surface area contributed by atoms with Crippen LogP contribution in [0.25, 0.3) is 0 Å². The van der Waals surface area contributed by atoms with Gasteiger partial charge >= 0.3 is 0 Å². The number of hydrogen-bond acceptors (Lipinski definition) is 1. The van der Waals surface area contributed by atoms with Crippen molar-refractivity contribution in [3.63, 3.8) is 0 Å². The normalized spacial score (nSPS) is 20.0. The monoisotopic (exact) mass is 83.0 g/mol. The molecule has 0 amide bonds. The molecule has 0 unspecified atom stereocenters. The standard InChI is InChI=1S/C5H7O/c1-2-4-6-5-3-1/h2,4-5H,1,3H2. The van der Waals surface area contributed by atoms with Crippen molar-refractivity contribution in [3.8, 4) is 0 Å². The Morgan fingerprint density at radius 2 is 2.33 bits per heavy atom. The molecule has 1 heterocycles. The van der Waals surface area contributed by atoms with Gasteiger partial charge in [0, 0.05) is 0 Å². The smallest absolute Gasteiger partial charge is 0.135 e. The molecule has 0 atom stereocenters. The molecule has 1 radical (unpaired) electrons. The zero-order chi connectivity index (χ0) is 4.24. The van der Waals surface area contributed by atoms with E-state index in [2.05, 4.69) is 0 Å². The van der Waals surface area contributed by atoms with Crippen molar-refractivity contribution in [2.75, 3.05) is 0 Å². The van der Waals surface area contributed by atoms with Crippen LogP contribution in [0, 0.1) is 6.61 Å². The maximum absolute atomic E-state index is 4.76. The first-order valence-electron chi connectivity index (χ1n) is 2.12. The first kappa shape index (κ1) is 3.72. The summed E-state index contributed by atoms with van der Waals surface area (Å²) >= 11 is 0. The lowest BCUT2D eigenvalue weighted by Gasteiger charge is -2.00. The SMILES string of the molecule is [CH]1CCC=CO1. The van der Waals surface area contributed by atoms with Gasteiger partial charge in [0.25, 0.3) is 0 Å². The van der Waals surface area contributed by atoms with Crippen molar-refractivity contribution < 1.29 is 4.74 Å². The average molecular weight is 83.1 g/mol. The van der Waals surface area contributed by atoms with Gasteiger partial charge in [0.2, 0.25) is 0 Å². The summed E-state index contributed by atoms with van der Waals surface area (Å²) in [6.07, 6.45) is 5.93. The summed E-state index contributed by atoms with van der Waals surface area (Å²) in [5, 5.41) is 0. The third-order valence-electron chi connectivity index (χ3n) is 0.722. The molecule has 0 fully saturated rings. The Kier molecular flexibility index (Phi) is 1.15. The molecule has 0 spiro atoms. The predicted molar refractivity (Wildman–Crippen MR) is 23.8 cm³/mol. The van der Waals surface area contributed by atoms with E-state index in [1.807, 2.05) is 6.08 Å². The fourth-order valence-electron chi connectivity index (χ4n) is 0.411. The minimum Gasteiger partial charge on any atom is -0.494 e. The summed E-state index contributed by atoms with van der Waals surface area (Å²) in [5.41, 5.74) is 0. The van der Waals surface area contributed by atoms with Crippen LogP contribution < -0.4 is 0 Å². The van der Waals surface area contributed by atoms with E-state index in [9.17, 15) is 0 Å². The van der Waals surface area contributed by atoms with Crippen molar-refractivity contribution in [3.05, 3.63) is 18.9 Å². The molecule has 0 aromatic heterocycles. The second-order valence-corrected chi connectivity index (χ2v) is 1.25. The van der Waals surface area contributed by atoms with E-state index < -0.39 is 0 Å². The number of hydrogen-bond donors (Lipinski definition) is 0. The third-order valence-corrected chi connectivity index (χ3v) is 0.722. The summed E-state index contributed by atoms with van der Waals surface area (Å²) < 4.78 is 4.76. The van der Waals surface area contributed by atoms with Crippen LogP contribution >= 0.6 is 0 Å². The molecule has 6 heavy (non-hydrogen) atoms. The van der Waals surface area contributed by atoms with E-state index >= 15 is 0 Å². The highest BCUT2D eigenvalue weighted by molar-refractivity contribution is 4.80. The summed E-state index contributed by atoms with van der Waals surface area (Å²) in [5.74, 6) is 0. The Morgan fingerprint density at radius 3 is 2.50 bits per heavy atom. The fourth-order valence-corrected chi connectivity index (χ4v) is 0.411. The van der Waals surface area contributed by atoms with E-state index in [0.717, 1.165) is 12.8 Å². The van der Waals surface area contributed by atoms with E-state index in [0.29, 0.717) is 0 Å². The summed E-state index contributed by atoms with van der Waals surface area (Å²) in [6, 6.07) is 0. The molecule has 0 aliphatic carbocycles. The Balaban J connectivity index is 2.26. The van der Waals surface area contributed by atoms with Crippen molar-refractivity contribution >= 4 is 0 Å². The second kappa shape index (κ2) is 1.85. The van der Waals surface area contributed by atoms with Crippen LogP contribution in [0.3, 0.4) is 0 Å². The third kappa shape index (κ3) is 0.744. The van der Waals surface area contributed by atoms with Gasteiger partial charge in [-0.1, -0.05) is 0 Å². The molecule has 0 bridgehead atoms. The highest BCUT2D eigenvalue weighted by Gasteiger charge is 1.87. The maximum Gasteiger partial charge on any atom is 0.135 e. The van der Waals surface area contributed by atoms with Gasteiger partial charge in [0.05, 0.1) is 6.26 Å². The van der Waals surface area contributed by atoms with Crippen LogP contribution in [-0.2, 0) is 4.74 Å². The van der Waals surface area contributed by atoms with Crippen LogP contribution in [0.4, 0.5) is 0 Å². The van der Waals surface area contributed by atoms with Crippen LogP contribution in [0.1, 0.15) is 12.8 Å². The Bertz CT molecular complexity index is 49.0. The van der Waals surface area contributed by atoms with Crippen molar-refractivity contribution in [1.29, 1.82) is 0 Å². The Labute approximate surface area is 37.6 Å². The Morgan fingerprint density at radius 1 is 1.33 bits per heavy atom. The molecule has 0 aromatic carbocycles. The lowest BCUT2D eigenvalue weighted by Crippen LogP contribution is -1.82. The molecule has 33 valence electrons. The van der Waals surface area contributed by atoms with E-state index in [1.165, 1.54) is 0 Å². The first-order valence-corrected chi connectivity index (χ1v) is 2.12. The van der Waals surface area contributed by atoms with Crippen molar-refractivity contribution in [2.45, 2.75) is 12.8 Å². The van der Waals surface area contributed by atoms with Crippen LogP contribution in [-0.4, -0.2) is 0 Å². The quantitative estimate of drug-likeness (QED) is 0.431. The zero-order valence-electron chi connectivity index (χ0n) is 3.55. The van der Waals surface area contributed by atoms with Crippen LogP contribution in [0.5, 0.6) is 0 Å². The zero-order valence-corrected chi connectivity index (χ0v) is 3.55. The minimum absolute atomic E-state index is 1.07. The van der Waals surface area contributed by atoms with Gasteiger partial charge in [-0.25, -0.2) is 0 Å². The van der Waals surface area contributed by atoms with Gasteiger partial charge in [-0.3, -0.25) is 0 Å². The van der Waals surface area contributed by atoms with Gasteiger partial charge in [-0.2, -0.15) is 0 Å². The van der Waals surface area contributed by atoms with E-state index in [4.69, 9.17) is 4.74 Å². The fraction of sp³-hybridized carbons (Fsp3) is 0.400. The molecule has 1 aliphatic heterocycles. The van der Waals surface area contributed by atoms with Crippen molar-refractivity contribution in [1.82, 2.24) is 0 Å². The highest BCUT2D eigenvalue weighted by Crippen LogP contribution is 2.02. The molecule has 1 nitrogen and oxygen atoms in total. The topological polar surface area (TPSA) is 9.23 Å². The largest absolute Gasteiger partial charge is 0.494 e. The van der Waals surface area contributed by atoms with Gasteiger partial charge in [-0.05, 0) is 18.9 Å². The molecular formula is C5H7O. The molecule has 0 aromatic rings. The lowest BCUT2D eigenvalue weighted by atomic mass is 10.3. The molecule has 1 aliphatic rings. The molecular weight excluding hydrogens is 76.1 g/mol. The average Bonchev–Trinajstić information content (AvgIpc) is 1.72. The van der Waals surface area contributed by atoms with E-state index in [1.54, 1.807) is 12.9 Å². The number of ether oxygens (including phenoxy) is 1. The van der Waals surface area contributed by atoms with Crippen LogP contribution in [0.2, 0.25) is 0 Å². The maximum atomic E-state index is 4.76. The lowest BCUT2D eigenvalue weighted by molar-refractivity contribution is 0.306. The van der Waals surface area contributed by atoms with Gasteiger partial charge in [0.1, 0.15) is 6.61 Å². The van der Waals surface area contributed by atoms with E-state index in [-0.39, 0.29) is 0 Å². The second-order valence-electron chi connectivity index (χ2n) is 1.25. The number of rotatable bonds is 0. The van der Waals surface area contributed by atoms with Crippen LogP contribution in [0.15, 0.2) is 12.3 Å². The summed E-state index contributed by atoms with van der Waals surface area (Å²) in [7, 11) is 0. The summed E-state index contributed by atoms with van der Waals surface area (Å²) in [6.45, 7) is 1.81. The van der Waals surface area contributed by atoms with Crippen molar-refractivity contribution in [2.24, 2.45) is 0 Å². The van der Waals surface area contributed by atoms with Gasteiger partial charge in [-0.15, -0.1) is 0 Å². The highest BCUT2D eigenvalue weighted by atomic mass is 16.5. The first-order chi connectivity index (χ1) is 3.00. The summed E-state index contributed by atoms with van der Waals surface area (Å²) in [4.78, 5) is 0. The minimum atomic E-state index is 1.07. The Hall–Kier alpha value is -0.460. The van der Waals surface area contributed by atoms with Gasteiger partial charge in [0.15, 0.2) is 0 Å². The molecule has 0 N–H and O–H groups in total. The molecule has 1 rings (SSSR count). The molecule has 1 heteroatoms. The number of allylic oxidation sites excluding steroid dienone is 1. The predicted octanol–water partition coefficient (Wildman–Crippen LogP) is 1.47. The molecule has 0 saturated heterocycles. The molecule has 0 saturated carbocycles.